The van der Waals surface area contributed by atoms with E-state index in [-0.39, 0.29) is 10.6 Å². The Hall–Kier alpha value is -1.39. The average molecular weight is 357 g/mol. The summed E-state index contributed by atoms with van der Waals surface area (Å²) in [6.07, 6.45) is 0. The van der Waals surface area contributed by atoms with Crippen LogP contribution in [0.25, 0.3) is 0 Å². The second kappa shape index (κ2) is 6.37. The highest BCUT2D eigenvalue weighted by molar-refractivity contribution is 9.10. The van der Waals surface area contributed by atoms with E-state index in [1.807, 2.05) is 24.3 Å². The van der Waals surface area contributed by atoms with Crippen LogP contribution in [0.15, 0.2) is 46.9 Å². The molecule has 2 nitrogen and oxygen atoms in total. The Morgan fingerprint density at radius 3 is 2.50 bits per heavy atom. The quantitative estimate of drug-likeness (QED) is 0.792. The first-order valence-corrected chi connectivity index (χ1v) is 7.10. The molecule has 0 heterocycles. The number of rotatable bonds is 3. The van der Waals surface area contributed by atoms with Gasteiger partial charge in [0, 0.05) is 18.1 Å². The summed E-state index contributed by atoms with van der Waals surface area (Å²) >= 11 is 9.25. The third-order valence-corrected chi connectivity index (χ3v) is 3.70. The van der Waals surface area contributed by atoms with Crippen molar-refractivity contribution in [3.8, 4) is 0 Å². The largest absolute Gasteiger partial charge is 0.337 e. The zero-order chi connectivity index (χ0) is 14.7. The third kappa shape index (κ3) is 3.38. The van der Waals surface area contributed by atoms with Crippen molar-refractivity contribution in [3.63, 3.8) is 0 Å². The number of carbonyl (C=O) groups is 1. The first-order valence-electron chi connectivity index (χ1n) is 5.93. The normalized spacial score (nSPS) is 10.4. The Morgan fingerprint density at radius 2 is 1.90 bits per heavy atom. The number of hydrogen-bond donors (Lipinski definition) is 0. The summed E-state index contributed by atoms with van der Waals surface area (Å²) in [5, 5.41) is 0.123. The summed E-state index contributed by atoms with van der Waals surface area (Å²) < 4.78 is 14.7. The molecule has 2 aromatic carbocycles. The molecule has 0 unspecified atom stereocenters. The van der Waals surface area contributed by atoms with Crippen LogP contribution in [0.2, 0.25) is 5.02 Å². The lowest BCUT2D eigenvalue weighted by atomic mass is 10.1. The lowest BCUT2D eigenvalue weighted by Crippen LogP contribution is -2.27. The van der Waals surface area contributed by atoms with Gasteiger partial charge >= 0.3 is 0 Å². The smallest absolute Gasteiger partial charge is 0.258 e. The van der Waals surface area contributed by atoms with E-state index >= 15 is 0 Å². The van der Waals surface area contributed by atoms with Gasteiger partial charge in [-0.2, -0.15) is 0 Å². The predicted molar refractivity (Wildman–Crippen MR) is 81.3 cm³/mol. The fourth-order valence-corrected chi connectivity index (χ4v) is 2.34. The van der Waals surface area contributed by atoms with E-state index in [1.165, 1.54) is 23.1 Å². The Kier molecular flexibility index (Phi) is 4.78. The van der Waals surface area contributed by atoms with Gasteiger partial charge in [0.2, 0.25) is 0 Å². The van der Waals surface area contributed by atoms with Gasteiger partial charge in [-0.05, 0) is 29.8 Å². The van der Waals surface area contributed by atoms with E-state index in [4.69, 9.17) is 11.6 Å². The minimum Gasteiger partial charge on any atom is -0.337 e. The second-order valence-electron chi connectivity index (χ2n) is 4.38. The van der Waals surface area contributed by atoms with Gasteiger partial charge in [-0.1, -0.05) is 45.7 Å². The lowest BCUT2D eigenvalue weighted by Gasteiger charge is -2.18. The van der Waals surface area contributed by atoms with E-state index in [0.29, 0.717) is 6.54 Å². The van der Waals surface area contributed by atoms with Gasteiger partial charge in [-0.3, -0.25) is 4.79 Å². The average Bonchev–Trinajstić information content (AvgIpc) is 2.41. The highest BCUT2D eigenvalue weighted by atomic mass is 79.9. The summed E-state index contributed by atoms with van der Waals surface area (Å²) in [7, 11) is 1.62. The van der Waals surface area contributed by atoms with Crippen molar-refractivity contribution in [2.24, 2.45) is 0 Å². The number of halogens is 3. The van der Waals surface area contributed by atoms with Crippen LogP contribution in [0.5, 0.6) is 0 Å². The molecule has 2 aromatic rings. The molecule has 0 N–H and O–H groups in total. The van der Waals surface area contributed by atoms with Crippen LogP contribution in [0, 0.1) is 5.82 Å². The molecule has 0 saturated carbocycles. The van der Waals surface area contributed by atoms with Gasteiger partial charge < -0.3 is 4.90 Å². The van der Waals surface area contributed by atoms with E-state index < -0.39 is 11.7 Å². The van der Waals surface area contributed by atoms with E-state index in [0.717, 1.165) is 10.0 Å². The minimum absolute atomic E-state index is 0.0891. The number of carbonyl (C=O) groups excluding carboxylic acids is 1. The fourth-order valence-electron chi connectivity index (χ4n) is 1.83. The Morgan fingerprint density at radius 1 is 1.25 bits per heavy atom. The van der Waals surface area contributed by atoms with Crippen LogP contribution in [0.4, 0.5) is 4.39 Å². The summed E-state index contributed by atoms with van der Waals surface area (Å²) in [5.41, 5.74) is 0.866. The maximum atomic E-state index is 13.7. The molecule has 0 fully saturated rings. The molecule has 0 aliphatic carbocycles. The molecular formula is C15H12BrClFNO. The standard InChI is InChI=1S/C15H12BrClFNO/c1-19(9-10-5-7-11(16)8-6-10)15(20)14-12(17)3-2-4-13(14)18/h2-8H,9H2,1H3. The highest BCUT2D eigenvalue weighted by Crippen LogP contribution is 2.21. The van der Waals surface area contributed by atoms with E-state index in [1.54, 1.807) is 7.05 Å². The molecule has 104 valence electrons. The molecule has 0 radical (unpaired) electrons. The topological polar surface area (TPSA) is 20.3 Å². The molecule has 0 bridgehead atoms. The van der Waals surface area contributed by atoms with Crippen LogP contribution in [0.1, 0.15) is 15.9 Å². The molecule has 0 aliphatic rings. The molecule has 0 spiro atoms. The molecule has 20 heavy (non-hydrogen) atoms. The Bertz CT molecular complexity index is 610. The summed E-state index contributed by atoms with van der Waals surface area (Å²) in [6.45, 7) is 0.386. The molecular weight excluding hydrogens is 345 g/mol. The maximum Gasteiger partial charge on any atom is 0.258 e. The van der Waals surface area contributed by atoms with Gasteiger partial charge in [-0.15, -0.1) is 0 Å². The van der Waals surface area contributed by atoms with Crippen LogP contribution in [-0.2, 0) is 6.54 Å². The molecule has 0 aromatic heterocycles. The zero-order valence-electron chi connectivity index (χ0n) is 10.7. The SMILES string of the molecule is CN(Cc1ccc(Br)cc1)C(=O)c1c(F)cccc1Cl. The summed E-state index contributed by atoms with van der Waals surface area (Å²) in [4.78, 5) is 13.7. The molecule has 0 saturated heterocycles. The number of nitrogens with zero attached hydrogens (tertiary/aromatic N) is 1. The van der Waals surface area contributed by atoms with E-state index in [9.17, 15) is 9.18 Å². The van der Waals surface area contributed by atoms with Gasteiger partial charge in [0.15, 0.2) is 0 Å². The highest BCUT2D eigenvalue weighted by Gasteiger charge is 2.19. The second-order valence-corrected chi connectivity index (χ2v) is 5.71. The van der Waals surface area contributed by atoms with Gasteiger partial charge in [-0.25, -0.2) is 4.39 Å². The van der Waals surface area contributed by atoms with E-state index in [2.05, 4.69) is 15.9 Å². The number of hydrogen-bond acceptors (Lipinski definition) is 1. The molecule has 0 aliphatic heterocycles. The van der Waals surface area contributed by atoms with Crippen LogP contribution in [-0.4, -0.2) is 17.9 Å². The lowest BCUT2D eigenvalue weighted by molar-refractivity contribution is 0.0780. The van der Waals surface area contributed by atoms with Crippen LogP contribution < -0.4 is 0 Å². The summed E-state index contributed by atoms with van der Waals surface area (Å²) in [6, 6.07) is 11.8. The van der Waals surface area contributed by atoms with Crippen molar-refractivity contribution >= 4 is 33.4 Å². The third-order valence-electron chi connectivity index (χ3n) is 2.86. The number of amides is 1. The van der Waals surface area contributed by atoms with Crippen molar-refractivity contribution < 1.29 is 9.18 Å². The minimum atomic E-state index is -0.606. The fraction of sp³-hybridized carbons (Fsp3) is 0.133. The summed E-state index contributed by atoms with van der Waals surface area (Å²) in [5.74, 6) is -1.04. The van der Waals surface area contributed by atoms with Crippen LogP contribution in [0.3, 0.4) is 0 Å². The van der Waals surface area contributed by atoms with Gasteiger partial charge in [0.1, 0.15) is 5.82 Å². The Labute approximate surface area is 130 Å². The Balaban J connectivity index is 2.18. The predicted octanol–water partition coefficient (Wildman–Crippen LogP) is 4.51. The van der Waals surface area contributed by atoms with Crippen molar-refractivity contribution in [3.05, 3.63) is 68.9 Å². The molecule has 0 atom stereocenters. The van der Waals surface area contributed by atoms with Crippen LogP contribution >= 0.6 is 27.5 Å². The monoisotopic (exact) mass is 355 g/mol. The molecule has 2 rings (SSSR count). The molecule has 5 heteroatoms. The van der Waals surface area contributed by atoms with Crippen molar-refractivity contribution in [1.29, 1.82) is 0 Å². The number of benzene rings is 2. The van der Waals surface area contributed by atoms with Crippen molar-refractivity contribution in [2.75, 3.05) is 7.05 Å². The molecule has 1 amide bonds. The first-order chi connectivity index (χ1) is 9.49. The first kappa shape index (κ1) is 15.0. The van der Waals surface area contributed by atoms with Gasteiger partial charge in [0.05, 0.1) is 10.6 Å². The maximum absolute atomic E-state index is 13.7. The zero-order valence-corrected chi connectivity index (χ0v) is 13.1. The van der Waals surface area contributed by atoms with Crippen molar-refractivity contribution in [2.45, 2.75) is 6.54 Å². The van der Waals surface area contributed by atoms with Gasteiger partial charge in [0.25, 0.3) is 5.91 Å². The van der Waals surface area contributed by atoms with Crippen molar-refractivity contribution in [1.82, 2.24) is 4.90 Å².